The van der Waals surface area contributed by atoms with Gasteiger partial charge in [-0.25, -0.2) is 4.39 Å². The predicted molar refractivity (Wildman–Crippen MR) is 91.8 cm³/mol. The van der Waals surface area contributed by atoms with E-state index in [1.165, 1.54) is 21.9 Å². The number of halogens is 1. The highest BCUT2D eigenvalue weighted by Gasteiger charge is 2.26. The van der Waals surface area contributed by atoms with Crippen LogP contribution >= 0.6 is 0 Å². The zero-order chi connectivity index (χ0) is 17.8. The first-order valence-corrected chi connectivity index (χ1v) is 8.05. The van der Waals surface area contributed by atoms with Crippen LogP contribution in [0.5, 0.6) is 5.75 Å². The summed E-state index contributed by atoms with van der Waals surface area (Å²) in [5.41, 5.74) is 1.29. The van der Waals surface area contributed by atoms with Crippen molar-refractivity contribution >= 4 is 17.5 Å². The second-order valence-corrected chi connectivity index (χ2v) is 5.93. The molecule has 2 aromatic rings. The first-order valence-electron chi connectivity index (χ1n) is 8.05. The van der Waals surface area contributed by atoms with Gasteiger partial charge in [-0.1, -0.05) is 24.3 Å². The lowest BCUT2D eigenvalue weighted by molar-refractivity contribution is -0.130. The lowest BCUT2D eigenvalue weighted by Gasteiger charge is -2.25. The van der Waals surface area contributed by atoms with Crippen LogP contribution in [0.15, 0.2) is 48.5 Å². The monoisotopic (exact) mass is 342 g/mol. The predicted octanol–water partition coefficient (Wildman–Crippen LogP) is 2.60. The van der Waals surface area contributed by atoms with Gasteiger partial charge in [-0.3, -0.25) is 14.5 Å². The lowest BCUT2D eigenvalue weighted by Crippen LogP contribution is -2.41. The minimum Gasteiger partial charge on any atom is -0.491 e. The summed E-state index contributed by atoms with van der Waals surface area (Å²) >= 11 is 0. The number of benzene rings is 2. The quantitative estimate of drug-likeness (QED) is 0.858. The smallest absolute Gasteiger partial charge is 0.242 e. The Morgan fingerprint density at radius 3 is 2.84 bits per heavy atom. The average molecular weight is 342 g/mol. The third-order valence-corrected chi connectivity index (χ3v) is 4.06. The first kappa shape index (κ1) is 17.0. The normalized spacial score (nSPS) is 13.7. The zero-order valence-corrected chi connectivity index (χ0v) is 13.9. The van der Waals surface area contributed by atoms with E-state index in [2.05, 4.69) is 0 Å². The van der Waals surface area contributed by atoms with Gasteiger partial charge in [0.1, 0.15) is 18.1 Å². The molecule has 1 aliphatic heterocycles. The Morgan fingerprint density at radius 1 is 1.24 bits per heavy atom. The fraction of sp³-hybridized carbons (Fsp3) is 0.263. The number of nitrogens with zero attached hydrogens (tertiary/aromatic N) is 2. The second-order valence-electron chi connectivity index (χ2n) is 5.93. The van der Waals surface area contributed by atoms with Crippen molar-refractivity contribution in [1.29, 1.82) is 0 Å². The van der Waals surface area contributed by atoms with Gasteiger partial charge < -0.3 is 9.64 Å². The van der Waals surface area contributed by atoms with Gasteiger partial charge in [0.05, 0.1) is 18.7 Å². The molecule has 5 nitrogen and oxygen atoms in total. The van der Waals surface area contributed by atoms with Gasteiger partial charge in [0, 0.05) is 13.6 Å². The van der Waals surface area contributed by atoms with Gasteiger partial charge in [-0.2, -0.15) is 0 Å². The van der Waals surface area contributed by atoms with Crippen molar-refractivity contribution in [3.63, 3.8) is 0 Å². The minimum atomic E-state index is -0.341. The van der Waals surface area contributed by atoms with E-state index in [9.17, 15) is 14.0 Å². The van der Waals surface area contributed by atoms with Crippen LogP contribution in [-0.2, 0) is 16.1 Å². The Bertz CT molecular complexity index is 794. The van der Waals surface area contributed by atoms with Crippen molar-refractivity contribution < 1.29 is 18.7 Å². The Labute approximate surface area is 145 Å². The molecular formula is C19H19FN2O3. The Kier molecular flexibility index (Phi) is 4.97. The summed E-state index contributed by atoms with van der Waals surface area (Å²) in [7, 11) is 1.64. The third kappa shape index (κ3) is 3.96. The summed E-state index contributed by atoms with van der Waals surface area (Å²) < 4.78 is 18.9. The molecule has 0 N–H and O–H groups in total. The molecule has 0 saturated heterocycles. The van der Waals surface area contributed by atoms with Crippen molar-refractivity contribution in [1.82, 2.24) is 4.90 Å². The zero-order valence-electron chi connectivity index (χ0n) is 13.9. The summed E-state index contributed by atoms with van der Waals surface area (Å²) in [4.78, 5) is 27.9. The molecule has 0 atom stereocenters. The molecular weight excluding hydrogens is 323 g/mol. The summed E-state index contributed by atoms with van der Waals surface area (Å²) in [6.07, 6.45) is 0.218. The van der Waals surface area contributed by atoms with Gasteiger partial charge in [-0.05, 0) is 29.8 Å². The van der Waals surface area contributed by atoms with E-state index in [0.29, 0.717) is 23.6 Å². The number of fused-ring (bicyclic) bond motifs is 1. The van der Waals surface area contributed by atoms with Gasteiger partial charge in [0.25, 0.3) is 0 Å². The maximum Gasteiger partial charge on any atom is 0.242 e. The molecule has 0 spiro atoms. The van der Waals surface area contributed by atoms with Crippen LogP contribution in [0.25, 0.3) is 0 Å². The molecule has 2 aromatic carbocycles. The van der Waals surface area contributed by atoms with Gasteiger partial charge in [0.2, 0.25) is 11.8 Å². The van der Waals surface area contributed by atoms with Gasteiger partial charge in [0.15, 0.2) is 0 Å². The maximum atomic E-state index is 13.3. The SMILES string of the molecule is CN(Cc1cccc(F)c1)C(=O)CN1C(=O)CCOc2ccccc21. The van der Waals surface area contributed by atoms with E-state index in [4.69, 9.17) is 4.74 Å². The molecule has 3 rings (SSSR count). The Balaban J connectivity index is 1.74. The maximum absolute atomic E-state index is 13.3. The molecule has 0 saturated carbocycles. The van der Waals surface area contributed by atoms with Crippen LogP contribution in [0.3, 0.4) is 0 Å². The summed E-state index contributed by atoms with van der Waals surface area (Å²) in [6.45, 7) is 0.488. The molecule has 1 aliphatic rings. The topological polar surface area (TPSA) is 49.9 Å². The van der Waals surface area contributed by atoms with Crippen LogP contribution < -0.4 is 9.64 Å². The van der Waals surface area contributed by atoms with E-state index < -0.39 is 0 Å². The van der Waals surface area contributed by atoms with Crippen molar-refractivity contribution in [3.8, 4) is 5.75 Å². The summed E-state index contributed by atoms with van der Waals surface area (Å²) in [6, 6.07) is 13.3. The van der Waals surface area contributed by atoms with Crippen LogP contribution in [0.4, 0.5) is 10.1 Å². The van der Waals surface area contributed by atoms with Crippen molar-refractivity contribution in [3.05, 3.63) is 59.9 Å². The van der Waals surface area contributed by atoms with Crippen LogP contribution in [0.1, 0.15) is 12.0 Å². The number of carbonyl (C=O) groups is 2. The highest BCUT2D eigenvalue weighted by atomic mass is 19.1. The number of amides is 2. The third-order valence-electron chi connectivity index (χ3n) is 4.06. The van der Waals surface area contributed by atoms with E-state index in [1.54, 1.807) is 37.4 Å². The fourth-order valence-electron chi connectivity index (χ4n) is 2.75. The first-order chi connectivity index (χ1) is 12.0. The van der Waals surface area contributed by atoms with Crippen LogP contribution in [0, 0.1) is 5.82 Å². The molecule has 130 valence electrons. The highest BCUT2D eigenvalue weighted by molar-refractivity contribution is 6.00. The number of anilines is 1. The molecule has 0 fully saturated rings. The number of likely N-dealkylation sites (N-methyl/N-ethyl adjacent to an activating group) is 1. The number of rotatable bonds is 4. The van der Waals surface area contributed by atoms with Crippen LogP contribution in [0.2, 0.25) is 0 Å². The molecule has 0 radical (unpaired) electrons. The highest BCUT2D eigenvalue weighted by Crippen LogP contribution is 2.30. The van der Waals surface area contributed by atoms with Crippen molar-refractivity contribution in [2.75, 3.05) is 25.1 Å². The molecule has 25 heavy (non-hydrogen) atoms. The summed E-state index contributed by atoms with van der Waals surface area (Å²) in [5.74, 6) is -0.132. The number of para-hydroxylation sites is 2. The van der Waals surface area contributed by atoms with E-state index in [-0.39, 0.29) is 37.1 Å². The summed E-state index contributed by atoms with van der Waals surface area (Å²) in [5, 5.41) is 0. The lowest BCUT2D eigenvalue weighted by atomic mass is 10.2. The molecule has 0 aromatic heterocycles. The molecule has 1 heterocycles. The standard InChI is InChI=1S/C19H19FN2O3/c1-21(12-14-5-4-6-15(20)11-14)19(24)13-22-16-7-2-3-8-17(16)25-10-9-18(22)23/h2-8,11H,9-10,12-13H2,1H3. The van der Waals surface area contributed by atoms with Gasteiger partial charge >= 0.3 is 0 Å². The Hall–Kier alpha value is -2.89. The molecule has 0 bridgehead atoms. The van der Waals surface area contributed by atoms with Crippen molar-refractivity contribution in [2.45, 2.75) is 13.0 Å². The van der Waals surface area contributed by atoms with Crippen LogP contribution in [-0.4, -0.2) is 36.9 Å². The largest absolute Gasteiger partial charge is 0.491 e. The fourth-order valence-corrected chi connectivity index (χ4v) is 2.75. The average Bonchev–Trinajstić information content (AvgIpc) is 2.74. The van der Waals surface area contributed by atoms with E-state index in [0.717, 1.165) is 0 Å². The van der Waals surface area contributed by atoms with Crippen molar-refractivity contribution in [2.24, 2.45) is 0 Å². The van der Waals surface area contributed by atoms with E-state index in [1.807, 2.05) is 6.07 Å². The number of ether oxygens (including phenoxy) is 1. The molecule has 0 aliphatic carbocycles. The minimum absolute atomic E-state index is 0.0784. The van der Waals surface area contributed by atoms with E-state index >= 15 is 0 Å². The second kappa shape index (κ2) is 7.34. The number of hydrogen-bond donors (Lipinski definition) is 0. The molecule has 6 heteroatoms. The Morgan fingerprint density at radius 2 is 2.04 bits per heavy atom. The molecule has 2 amide bonds. The molecule has 0 unspecified atom stereocenters. The van der Waals surface area contributed by atoms with Gasteiger partial charge in [-0.15, -0.1) is 0 Å². The number of carbonyl (C=O) groups excluding carboxylic acids is 2. The number of hydrogen-bond acceptors (Lipinski definition) is 3.